The maximum absolute atomic E-state index is 13.1. The van der Waals surface area contributed by atoms with E-state index in [2.05, 4.69) is 26.0 Å². The third kappa shape index (κ3) is 4.46. The van der Waals surface area contributed by atoms with Gasteiger partial charge in [0, 0.05) is 0 Å². The van der Waals surface area contributed by atoms with Gasteiger partial charge in [-0.3, -0.25) is 9.69 Å². The lowest BCUT2D eigenvalue weighted by Crippen LogP contribution is -2.34. The fourth-order valence-electron chi connectivity index (χ4n) is 3.05. The predicted octanol–water partition coefficient (Wildman–Crippen LogP) is 5.53. The van der Waals surface area contributed by atoms with Crippen LogP contribution in [0.5, 0.6) is 5.75 Å². The Balaban J connectivity index is 1.63. The van der Waals surface area contributed by atoms with Gasteiger partial charge < -0.3 is 4.74 Å². The minimum atomic E-state index is -0.120. The lowest BCUT2D eigenvalue weighted by atomic mass is 10.1. The number of thiazole rings is 1. The summed E-state index contributed by atoms with van der Waals surface area (Å²) in [5.74, 6) is 0.557. The van der Waals surface area contributed by atoms with Crippen molar-refractivity contribution < 1.29 is 9.53 Å². The minimum absolute atomic E-state index is 0.0369. The van der Waals surface area contributed by atoms with E-state index in [1.807, 2.05) is 60.7 Å². The van der Waals surface area contributed by atoms with Crippen molar-refractivity contribution in [2.45, 2.75) is 20.4 Å². The van der Waals surface area contributed by atoms with Gasteiger partial charge in [-0.1, -0.05) is 59.9 Å². The molecule has 0 saturated carbocycles. The van der Waals surface area contributed by atoms with E-state index in [1.165, 1.54) is 22.5 Å². The van der Waals surface area contributed by atoms with Crippen LogP contribution in [0.4, 0.5) is 5.13 Å². The van der Waals surface area contributed by atoms with E-state index in [0.717, 1.165) is 15.8 Å². The average Bonchev–Trinajstić information content (AvgIpc) is 3.14. The van der Waals surface area contributed by atoms with Gasteiger partial charge in [0.05, 0.1) is 16.8 Å². The summed E-state index contributed by atoms with van der Waals surface area (Å²) < 4.78 is 6.79. The van der Waals surface area contributed by atoms with Crippen molar-refractivity contribution in [3.63, 3.8) is 0 Å². The van der Waals surface area contributed by atoms with Crippen LogP contribution in [0, 0.1) is 13.8 Å². The Kier molecular flexibility index (Phi) is 5.58. The Hall–Kier alpha value is -3.18. The summed E-state index contributed by atoms with van der Waals surface area (Å²) >= 11 is 1.54. The zero-order valence-corrected chi connectivity index (χ0v) is 17.3. The van der Waals surface area contributed by atoms with Gasteiger partial charge in [-0.2, -0.15) is 0 Å². The number of hydrogen-bond donors (Lipinski definition) is 0. The highest BCUT2D eigenvalue weighted by atomic mass is 32.1. The molecule has 29 heavy (non-hydrogen) atoms. The number of carbonyl (C=O) groups is 1. The molecule has 0 N–H and O–H groups in total. The second kappa shape index (κ2) is 8.45. The van der Waals surface area contributed by atoms with Gasteiger partial charge in [-0.15, -0.1) is 0 Å². The molecular formula is C24H22N2O2S. The lowest BCUT2D eigenvalue weighted by Gasteiger charge is -2.20. The number of amides is 1. The van der Waals surface area contributed by atoms with Gasteiger partial charge in [-0.05, 0) is 54.8 Å². The van der Waals surface area contributed by atoms with Gasteiger partial charge in [-0.25, -0.2) is 4.98 Å². The molecule has 1 amide bonds. The molecule has 1 heterocycles. The van der Waals surface area contributed by atoms with E-state index in [1.54, 1.807) is 4.90 Å². The van der Waals surface area contributed by atoms with Crippen LogP contribution in [-0.4, -0.2) is 17.5 Å². The Morgan fingerprint density at radius 1 is 0.966 bits per heavy atom. The SMILES string of the molecule is Cc1cc2nc(N(Cc3ccccc3)C(=O)COc3ccccc3)sc2cc1C. The van der Waals surface area contributed by atoms with Crippen molar-refractivity contribution in [1.29, 1.82) is 0 Å². The molecule has 0 unspecified atom stereocenters. The summed E-state index contributed by atoms with van der Waals surface area (Å²) in [6.45, 7) is 4.59. The molecule has 0 atom stereocenters. The second-order valence-electron chi connectivity index (χ2n) is 6.97. The molecule has 0 aliphatic rings. The van der Waals surface area contributed by atoms with Crippen molar-refractivity contribution in [1.82, 2.24) is 4.98 Å². The number of anilines is 1. The number of benzene rings is 3. The number of para-hydroxylation sites is 1. The molecule has 0 radical (unpaired) electrons. The summed E-state index contributed by atoms with van der Waals surface area (Å²) in [4.78, 5) is 19.6. The van der Waals surface area contributed by atoms with Crippen molar-refractivity contribution >= 4 is 32.6 Å². The minimum Gasteiger partial charge on any atom is -0.484 e. The standard InChI is InChI=1S/C24H22N2O2S/c1-17-13-21-22(14-18(17)2)29-24(25-21)26(15-19-9-5-3-6-10-19)23(27)16-28-20-11-7-4-8-12-20/h3-14H,15-16H2,1-2H3. The Labute approximate surface area is 174 Å². The molecular weight excluding hydrogens is 380 g/mol. The van der Waals surface area contributed by atoms with E-state index in [0.29, 0.717) is 17.4 Å². The molecule has 146 valence electrons. The van der Waals surface area contributed by atoms with Gasteiger partial charge in [0.25, 0.3) is 5.91 Å². The number of carbonyl (C=O) groups excluding carboxylic acids is 1. The molecule has 0 aliphatic heterocycles. The number of fused-ring (bicyclic) bond motifs is 1. The molecule has 3 aromatic carbocycles. The summed E-state index contributed by atoms with van der Waals surface area (Å²) in [5, 5.41) is 0.690. The van der Waals surface area contributed by atoms with Crippen molar-refractivity contribution in [3.05, 3.63) is 89.5 Å². The van der Waals surface area contributed by atoms with Crippen LogP contribution in [0.15, 0.2) is 72.8 Å². The summed E-state index contributed by atoms with van der Waals surface area (Å²) in [5.41, 5.74) is 4.39. The van der Waals surface area contributed by atoms with Crippen LogP contribution in [0.2, 0.25) is 0 Å². The van der Waals surface area contributed by atoms with Crippen LogP contribution in [0.1, 0.15) is 16.7 Å². The topological polar surface area (TPSA) is 42.4 Å². The zero-order chi connectivity index (χ0) is 20.2. The van der Waals surface area contributed by atoms with E-state index in [4.69, 9.17) is 9.72 Å². The predicted molar refractivity (Wildman–Crippen MR) is 119 cm³/mol. The number of aromatic nitrogens is 1. The Bertz CT molecular complexity index is 1080. The van der Waals surface area contributed by atoms with Crippen molar-refractivity contribution in [3.8, 4) is 5.75 Å². The molecule has 0 fully saturated rings. The molecule has 0 bridgehead atoms. The highest BCUT2D eigenvalue weighted by Crippen LogP contribution is 2.31. The van der Waals surface area contributed by atoms with Gasteiger partial charge >= 0.3 is 0 Å². The van der Waals surface area contributed by atoms with Gasteiger partial charge in [0.15, 0.2) is 11.7 Å². The largest absolute Gasteiger partial charge is 0.484 e. The molecule has 4 aromatic rings. The first kappa shape index (κ1) is 19.2. The smallest absolute Gasteiger partial charge is 0.267 e. The maximum atomic E-state index is 13.1. The summed E-state index contributed by atoms with van der Waals surface area (Å²) in [6.07, 6.45) is 0. The third-order valence-electron chi connectivity index (χ3n) is 4.81. The van der Waals surface area contributed by atoms with Gasteiger partial charge in [0.2, 0.25) is 0 Å². The van der Waals surface area contributed by atoms with Crippen LogP contribution in [-0.2, 0) is 11.3 Å². The van der Waals surface area contributed by atoms with Gasteiger partial charge in [0.1, 0.15) is 5.75 Å². The average molecular weight is 403 g/mol. The Morgan fingerprint density at radius 2 is 1.62 bits per heavy atom. The van der Waals surface area contributed by atoms with E-state index < -0.39 is 0 Å². The Morgan fingerprint density at radius 3 is 2.34 bits per heavy atom. The second-order valence-corrected chi connectivity index (χ2v) is 7.98. The fraction of sp³-hybridized carbons (Fsp3) is 0.167. The molecule has 4 rings (SSSR count). The first-order valence-corrected chi connectivity index (χ1v) is 10.3. The molecule has 0 spiro atoms. The number of hydrogen-bond acceptors (Lipinski definition) is 4. The highest BCUT2D eigenvalue weighted by Gasteiger charge is 2.21. The molecule has 0 saturated heterocycles. The van der Waals surface area contributed by atoms with Crippen molar-refractivity contribution in [2.24, 2.45) is 0 Å². The van der Waals surface area contributed by atoms with Crippen LogP contribution in [0.3, 0.4) is 0 Å². The van der Waals surface area contributed by atoms with Crippen LogP contribution >= 0.6 is 11.3 Å². The van der Waals surface area contributed by atoms with E-state index in [9.17, 15) is 4.79 Å². The van der Waals surface area contributed by atoms with Crippen LogP contribution in [0.25, 0.3) is 10.2 Å². The van der Waals surface area contributed by atoms with E-state index >= 15 is 0 Å². The zero-order valence-electron chi connectivity index (χ0n) is 16.5. The molecule has 0 aliphatic carbocycles. The first-order valence-electron chi connectivity index (χ1n) is 9.50. The first-order chi connectivity index (χ1) is 14.1. The maximum Gasteiger partial charge on any atom is 0.267 e. The van der Waals surface area contributed by atoms with Crippen molar-refractivity contribution in [2.75, 3.05) is 11.5 Å². The quantitative estimate of drug-likeness (QED) is 0.426. The lowest BCUT2D eigenvalue weighted by molar-refractivity contribution is -0.120. The summed E-state index contributed by atoms with van der Waals surface area (Å²) in [6, 6.07) is 23.6. The van der Waals surface area contributed by atoms with E-state index in [-0.39, 0.29) is 12.5 Å². The normalized spacial score (nSPS) is 10.8. The molecule has 1 aromatic heterocycles. The number of rotatable bonds is 6. The highest BCUT2D eigenvalue weighted by molar-refractivity contribution is 7.22. The third-order valence-corrected chi connectivity index (χ3v) is 5.85. The number of ether oxygens (including phenoxy) is 1. The summed E-state index contributed by atoms with van der Waals surface area (Å²) in [7, 11) is 0. The monoisotopic (exact) mass is 402 g/mol. The molecule has 5 heteroatoms. The number of nitrogens with zero attached hydrogens (tertiary/aromatic N) is 2. The fourth-order valence-corrected chi connectivity index (χ4v) is 4.11. The molecule has 4 nitrogen and oxygen atoms in total. The van der Waals surface area contributed by atoms with Crippen LogP contribution < -0.4 is 9.64 Å². The number of aryl methyl sites for hydroxylation is 2.